The molecule has 0 saturated carbocycles. The predicted molar refractivity (Wildman–Crippen MR) is 111 cm³/mol. The summed E-state index contributed by atoms with van der Waals surface area (Å²) in [6.45, 7) is 8.17. The number of carbonyl (C=O) groups excluding carboxylic acids is 2. The lowest BCUT2D eigenvalue weighted by Crippen LogP contribution is -2.44. The highest BCUT2D eigenvalue weighted by molar-refractivity contribution is 5.82. The Morgan fingerprint density at radius 1 is 1.19 bits per heavy atom. The van der Waals surface area contributed by atoms with E-state index in [9.17, 15) is 18.4 Å². The summed E-state index contributed by atoms with van der Waals surface area (Å²) in [4.78, 5) is 34.3. The van der Waals surface area contributed by atoms with Crippen LogP contribution < -0.4 is 4.74 Å². The van der Waals surface area contributed by atoms with Crippen LogP contribution in [0.5, 0.6) is 5.88 Å². The molecule has 8 nitrogen and oxygen atoms in total. The van der Waals surface area contributed by atoms with Crippen molar-refractivity contribution in [3.05, 3.63) is 42.6 Å². The standard InChI is InChI=1S/C22H25F2N3O5/c1-6-22(23,24)17-18(26-15-10-8-7-9-14(15)25-17)31-13-11-16(19(28)30-5)27(12-13)20(29)32-21(2,3)4/h6-10,13,16H,1,11-12H2,2-5H3. The Balaban J connectivity index is 1.94. The first kappa shape index (κ1) is 23.4. The maximum absolute atomic E-state index is 14.5. The average Bonchev–Trinajstić information content (AvgIpc) is 3.15. The lowest BCUT2D eigenvalue weighted by molar-refractivity contribution is -0.145. The highest BCUT2D eigenvalue weighted by atomic mass is 19.3. The highest BCUT2D eigenvalue weighted by Crippen LogP contribution is 2.36. The van der Waals surface area contributed by atoms with Crippen LogP contribution in [0.15, 0.2) is 36.9 Å². The van der Waals surface area contributed by atoms with Crippen LogP contribution in [0.4, 0.5) is 13.6 Å². The monoisotopic (exact) mass is 449 g/mol. The zero-order valence-corrected chi connectivity index (χ0v) is 18.3. The summed E-state index contributed by atoms with van der Waals surface area (Å²) in [5.74, 6) is -4.56. The number of esters is 1. The van der Waals surface area contributed by atoms with Crippen LogP contribution in [0.25, 0.3) is 11.0 Å². The molecule has 0 N–H and O–H groups in total. The molecule has 3 rings (SSSR count). The number of fused-ring (bicyclic) bond motifs is 1. The molecule has 0 aliphatic carbocycles. The lowest BCUT2D eigenvalue weighted by atomic mass is 10.2. The molecule has 172 valence electrons. The number of alkyl halides is 2. The Labute approximate surface area is 184 Å². The molecule has 1 saturated heterocycles. The number of ether oxygens (including phenoxy) is 3. The van der Waals surface area contributed by atoms with Crippen LogP contribution >= 0.6 is 0 Å². The van der Waals surface area contributed by atoms with Crippen LogP contribution in [0, 0.1) is 0 Å². The van der Waals surface area contributed by atoms with Gasteiger partial charge in [-0.3, -0.25) is 4.90 Å². The van der Waals surface area contributed by atoms with E-state index in [1.807, 2.05) is 0 Å². The van der Waals surface area contributed by atoms with Gasteiger partial charge < -0.3 is 14.2 Å². The van der Waals surface area contributed by atoms with Crippen LogP contribution in [0.3, 0.4) is 0 Å². The summed E-state index contributed by atoms with van der Waals surface area (Å²) in [6, 6.07) is 5.53. The van der Waals surface area contributed by atoms with Crippen molar-refractivity contribution < 1.29 is 32.6 Å². The van der Waals surface area contributed by atoms with E-state index in [2.05, 4.69) is 16.5 Å². The number of halogens is 2. The topological polar surface area (TPSA) is 90.9 Å². The first-order valence-electron chi connectivity index (χ1n) is 9.98. The van der Waals surface area contributed by atoms with E-state index >= 15 is 0 Å². The quantitative estimate of drug-likeness (QED) is 0.506. The Hall–Kier alpha value is -3.30. The Kier molecular flexibility index (Phi) is 6.34. The third-order valence-corrected chi connectivity index (χ3v) is 4.75. The molecule has 2 unspecified atom stereocenters. The van der Waals surface area contributed by atoms with Gasteiger partial charge in [-0.1, -0.05) is 18.7 Å². The molecule has 2 heterocycles. The number of likely N-dealkylation sites (tertiary alicyclic amines) is 1. The van der Waals surface area contributed by atoms with E-state index < -0.39 is 47.3 Å². The minimum absolute atomic E-state index is 0.0134. The second-order valence-corrected chi connectivity index (χ2v) is 8.34. The van der Waals surface area contributed by atoms with Crippen molar-refractivity contribution in [2.24, 2.45) is 0 Å². The molecule has 1 fully saturated rings. The SMILES string of the molecule is C=CC(F)(F)c1nc2ccccc2nc1OC1CC(C(=O)OC)N(C(=O)OC(C)(C)C)C1. The molecule has 1 aliphatic rings. The lowest BCUT2D eigenvalue weighted by Gasteiger charge is -2.27. The van der Waals surface area contributed by atoms with Gasteiger partial charge in [0.1, 0.15) is 17.7 Å². The van der Waals surface area contributed by atoms with Gasteiger partial charge in [0, 0.05) is 6.42 Å². The number of hydrogen-bond donors (Lipinski definition) is 0. The Morgan fingerprint density at radius 2 is 1.81 bits per heavy atom. The molecule has 2 aromatic rings. The predicted octanol–water partition coefficient (Wildman–Crippen LogP) is 3.84. The smallest absolute Gasteiger partial charge is 0.411 e. The minimum Gasteiger partial charge on any atom is -0.471 e. The summed E-state index contributed by atoms with van der Waals surface area (Å²) in [5.41, 5.74) is -0.862. The molecule has 1 aromatic carbocycles. The fourth-order valence-electron chi connectivity index (χ4n) is 3.30. The van der Waals surface area contributed by atoms with Gasteiger partial charge in [-0.2, -0.15) is 8.78 Å². The van der Waals surface area contributed by atoms with Gasteiger partial charge in [0.05, 0.1) is 24.7 Å². The van der Waals surface area contributed by atoms with E-state index in [-0.39, 0.29) is 18.5 Å². The minimum atomic E-state index is -3.50. The summed E-state index contributed by atoms with van der Waals surface area (Å²) in [7, 11) is 1.20. The third-order valence-electron chi connectivity index (χ3n) is 4.75. The number of benzene rings is 1. The number of rotatable bonds is 5. The number of para-hydroxylation sites is 2. The number of allylic oxidation sites excluding steroid dienone is 1. The number of hydrogen-bond acceptors (Lipinski definition) is 7. The van der Waals surface area contributed by atoms with Crippen molar-refractivity contribution in [1.29, 1.82) is 0 Å². The normalized spacial score (nSPS) is 19.0. The van der Waals surface area contributed by atoms with Crippen molar-refractivity contribution in [2.45, 2.75) is 50.9 Å². The molecule has 1 amide bonds. The van der Waals surface area contributed by atoms with Crippen molar-refractivity contribution in [3.8, 4) is 5.88 Å². The molecule has 32 heavy (non-hydrogen) atoms. The van der Waals surface area contributed by atoms with Crippen LogP contribution in [-0.2, 0) is 20.2 Å². The van der Waals surface area contributed by atoms with E-state index in [0.717, 1.165) is 0 Å². The zero-order valence-electron chi connectivity index (χ0n) is 18.3. The van der Waals surface area contributed by atoms with Gasteiger partial charge in [0.25, 0.3) is 0 Å². The Bertz CT molecular complexity index is 1040. The maximum atomic E-state index is 14.5. The fraction of sp³-hybridized carbons (Fsp3) is 0.455. The second kappa shape index (κ2) is 8.68. The molecule has 1 aliphatic heterocycles. The Morgan fingerprint density at radius 3 is 2.38 bits per heavy atom. The van der Waals surface area contributed by atoms with Gasteiger partial charge in [0.2, 0.25) is 5.88 Å². The van der Waals surface area contributed by atoms with Gasteiger partial charge in [-0.05, 0) is 39.0 Å². The zero-order chi connectivity index (χ0) is 23.7. The molecule has 0 bridgehead atoms. The fourth-order valence-corrected chi connectivity index (χ4v) is 3.30. The van der Waals surface area contributed by atoms with E-state index in [1.54, 1.807) is 45.0 Å². The van der Waals surface area contributed by atoms with Crippen LogP contribution in [0.1, 0.15) is 32.9 Å². The molecule has 10 heteroatoms. The van der Waals surface area contributed by atoms with E-state index in [0.29, 0.717) is 11.6 Å². The number of aromatic nitrogens is 2. The van der Waals surface area contributed by atoms with E-state index in [4.69, 9.17) is 14.2 Å². The first-order chi connectivity index (χ1) is 14.9. The summed E-state index contributed by atoms with van der Waals surface area (Å²) < 4.78 is 45.0. The van der Waals surface area contributed by atoms with Crippen LogP contribution in [0.2, 0.25) is 0 Å². The van der Waals surface area contributed by atoms with Gasteiger partial charge in [-0.25, -0.2) is 19.6 Å². The second-order valence-electron chi connectivity index (χ2n) is 8.34. The van der Waals surface area contributed by atoms with Gasteiger partial charge in [0.15, 0.2) is 5.69 Å². The summed E-state index contributed by atoms with van der Waals surface area (Å²) >= 11 is 0. The van der Waals surface area contributed by atoms with Crippen molar-refractivity contribution in [1.82, 2.24) is 14.9 Å². The summed E-state index contributed by atoms with van der Waals surface area (Å²) in [5, 5.41) is 0. The highest BCUT2D eigenvalue weighted by Gasteiger charge is 2.44. The molecule has 0 radical (unpaired) electrons. The van der Waals surface area contributed by atoms with Gasteiger partial charge >= 0.3 is 18.0 Å². The van der Waals surface area contributed by atoms with Crippen LogP contribution in [-0.4, -0.2) is 58.3 Å². The van der Waals surface area contributed by atoms with Crippen molar-refractivity contribution in [2.75, 3.05) is 13.7 Å². The largest absolute Gasteiger partial charge is 0.471 e. The molecule has 0 spiro atoms. The van der Waals surface area contributed by atoms with E-state index in [1.165, 1.54) is 12.0 Å². The average molecular weight is 449 g/mol. The van der Waals surface area contributed by atoms with Crippen molar-refractivity contribution >= 4 is 23.1 Å². The number of amides is 1. The molecular formula is C22H25F2N3O5. The summed E-state index contributed by atoms with van der Waals surface area (Å²) in [6.07, 6.45) is -1.08. The van der Waals surface area contributed by atoms with Crippen molar-refractivity contribution in [3.63, 3.8) is 0 Å². The number of nitrogens with zero attached hydrogens (tertiary/aromatic N) is 3. The number of methoxy groups -OCH3 is 1. The molecular weight excluding hydrogens is 424 g/mol. The van der Waals surface area contributed by atoms with Gasteiger partial charge in [-0.15, -0.1) is 0 Å². The maximum Gasteiger partial charge on any atom is 0.411 e. The third kappa shape index (κ3) is 4.95. The molecule has 2 atom stereocenters. The molecule has 1 aromatic heterocycles. The first-order valence-corrected chi connectivity index (χ1v) is 9.98. The number of carbonyl (C=O) groups is 2.